The lowest BCUT2D eigenvalue weighted by atomic mass is 10.1. The number of carboxylic acid groups (broad SMARTS) is 1. The van der Waals surface area contributed by atoms with Gasteiger partial charge in [0.15, 0.2) is 5.11 Å². The first-order valence-electron chi connectivity index (χ1n) is 10.00. The predicted molar refractivity (Wildman–Crippen MR) is 132 cm³/mol. The van der Waals surface area contributed by atoms with E-state index in [0.717, 1.165) is 4.90 Å². The molecule has 11 heteroatoms. The van der Waals surface area contributed by atoms with Crippen LogP contribution in [0.15, 0.2) is 58.5 Å². The Morgan fingerprint density at radius 1 is 1.11 bits per heavy atom. The van der Waals surface area contributed by atoms with E-state index in [1.165, 1.54) is 32.4 Å². The molecule has 0 saturated carbocycles. The highest BCUT2D eigenvalue weighted by molar-refractivity contribution is 7.80. The number of thiocarbonyl (C=S) groups is 1. The number of hydrogen-bond donors (Lipinski definition) is 2. The van der Waals surface area contributed by atoms with Crippen LogP contribution in [0.5, 0.6) is 11.5 Å². The Balaban J connectivity index is 1.69. The molecule has 1 aliphatic heterocycles. The SMILES string of the molecule is COc1ccc(N2C(=O)/C(=C\c3ccc(-c4ccc(Cl)c(C(=O)O)c4)o3)C(=O)NC2=S)c(OC)c1. The van der Waals surface area contributed by atoms with Crippen molar-refractivity contribution in [1.29, 1.82) is 0 Å². The minimum absolute atomic E-state index is 0.0834. The third-order valence-electron chi connectivity index (χ3n) is 5.12. The second-order valence-corrected chi connectivity index (χ2v) is 7.99. The molecule has 2 N–H and O–H groups in total. The van der Waals surface area contributed by atoms with E-state index in [9.17, 15) is 19.5 Å². The zero-order chi connectivity index (χ0) is 25.3. The van der Waals surface area contributed by atoms with Gasteiger partial charge in [0, 0.05) is 11.6 Å². The lowest BCUT2D eigenvalue weighted by Gasteiger charge is -2.29. The first-order valence-corrected chi connectivity index (χ1v) is 10.8. The van der Waals surface area contributed by atoms with Crippen LogP contribution in [0.2, 0.25) is 5.02 Å². The quantitative estimate of drug-likeness (QED) is 0.287. The lowest BCUT2D eigenvalue weighted by molar-refractivity contribution is -0.122. The van der Waals surface area contributed by atoms with Crippen molar-refractivity contribution in [2.45, 2.75) is 0 Å². The van der Waals surface area contributed by atoms with Crippen molar-refractivity contribution in [1.82, 2.24) is 5.32 Å². The molecular formula is C24H17ClN2O7S. The molecule has 1 fully saturated rings. The van der Waals surface area contributed by atoms with Crippen LogP contribution in [0.3, 0.4) is 0 Å². The highest BCUT2D eigenvalue weighted by Gasteiger charge is 2.36. The molecule has 0 atom stereocenters. The summed E-state index contributed by atoms with van der Waals surface area (Å²) in [5.74, 6) is -1.21. The van der Waals surface area contributed by atoms with Crippen molar-refractivity contribution in [2.75, 3.05) is 19.1 Å². The van der Waals surface area contributed by atoms with Crippen molar-refractivity contribution < 1.29 is 33.4 Å². The van der Waals surface area contributed by atoms with Gasteiger partial charge in [-0.15, -0.1) is 0 Å². The van der Waals surface area contributed by atoms with Crippen molar-refractivity contribution in [3.8, 4) is 22.8 Å². The van der Waals surface area contributed by atoms with E-state index < -0.39 is 17.8 Å². The maximum absolute atomic E-state index is 13.3. The van der Waals surface area contributed by atoms with Gasteiger partial charge in [0.25, 0.3) is 11.8 Å². The van der Waals surface area contributed by atoms with Crippen LogP contribution in [-0.2, 0) is 9.59 Å². The summed E-state index contributed by atoms with van der Waals surface area (Å²) in [5, 5.41) is 11.8. The number of carbonyl (C=O) groups excluding carboxylic acids is 2. The Labute approximate surface area is 209 Å². The van der Waals surface area contributed by atoms with Gasteiger partial charge >= 0.3 is 5.97 Å². The fraction of sp³-hybridized carbons (Fsp3) is 0.0833. The molecule has 0 spiro atoms. The number of rotatable bonds is 6. The number of halogens is 1. The summed E-state index contributed by atoms with van der Waals surface area (Å²) >= 11 is 11.2. The minimum atomic E-state index is -1.18. The maximum Gasteiger partial charge on any atom is 0.337 e. The molecular weight excluding hydrogens is 496 g/mol. The van der Waals surface area contributed by atoms with E-state index in [1.54, 1.807) is 36.4 Å². The third-order valence-corrected chi connectivity index (χ3v) is 5.74. The number of furan rings is 1. The normalized spacial score (nSPS) is 14.8. The van der Waals surface area contributed by atoms with Gasteiger partial charge < -0.3 is 19.0 Å². The second kappa shape index (κ2) is 9.61. The highest BCUT2D eigenvalue weighted by atomic mass is 35.5. The number of carbonyl (C=O) groups is 3. The van der Waals surface area contributed by atoms with E-state index >= 15 is 0 Å². The fourth-order valence-electron chi connectivity index (χ4n) is 3.42. The van der Waals surface area contributed by atoms with E-state index in [4.69, 9.17) is 37.7 Å². The van der Waals surface area contributed by atoms with Crippen LogP contribution in [-0.4, -0.2) is 42.2 Å². The first-order chi connectivity index (χ1) is 16.7. The maximum atomic E-state index is 13.3. The highest BCUT2D eigenvalue weighted by Crippen LogP contribution is 2.35. The number of benzene rings is 2. The zero-order valence-electron chi connectivity index (χ0n) is 18.3. The van der Waals surface area contributed by atoms with E-state index in [2.05, 4.69) is 5.32 Å². The predicted octanol–water partition coefficient (Wildman–Crippen LogP) is 4.15. The van der Waals surface area contributed by atoms with Crippen molar-refractivity contribution in [2.24, 2.45) is 0 Å². The first kappa shape index (κ1) is 24.0. The molecule has 9 nitrogen and oxygen atoms in total. The third kappa shape index (κ3) is 4.61. The Kier molecular flexibility index (Phi) is 6.59. The monoisotopic (exact) mass is 512 g/mol. The number of nitrogens with one attached hydrogen (secondary N) is 1. The van der Waals surface area contributed by atoms with Crippen LogP contribution >= 0.6 is 23.8 Å². The van der Waals surface area contributed by atoms with E-state index in [1.807, 2.05) is 0 Å². The van der Waals surface area contributed by atoms with Crippen molar-refractivity contribution >= 4 is 58.5 Å². The Hall–Kier alpha value is -4.15. The Morgan fingerprint density at radius 3 is 2.57 bits per heavy atom. The largest absolute Gasteiger partial charge is 0.497 e. The molecule has 2 amide bonds. The minimum Gasteiger partial charge on any atom is -0.497 e. The van der Waals surface area contributed by atoms with Crippen LogP contribution in [0, 0.1) is 0 Å². The number of anilines is 1. The Morgan fingerprint density at radius 2 is 1.89 bits per heavy atom. The molecule has 0 aliphatic carbocycles. The summed E-state index contributed by atoms with van der Waals surface area (Å²) in [6.07, 6.45) is 1.28. The second-order valence-electron chi connectivity index (χ2n) is 7.20. The van der Waals surface area contributed by atoms with Gasteiger partial charge in [-0.25, -0.2) is 9.69 Å². The van der Waals surface area contributed by atoms with Gasteiger partial charge in [-0.2, -0.15) is 0 Å². The average Bonchev–Trinajstić information content (AvgIpc) is 3.30. The van der Waals surface area contributed by atoms with Crippen LogP contribution in [0.1, 0.15) is 16.1 Å². The fourth-order valence-corrected chi connectivity index (χ4v) is 3.89. The molecule has 3 aromatic rings. The molecule has 178 valence electrons. The molecule has 1 aliphatic rings. The summed E-state index contributed by atoms with van der Waals surface area (Å²) in [5.41, 5.74) is 0.470. The van der Waals surface area contributed by atoms with Crippen LogP contribution < -0.4 is 19.7 Å². The van der Waals surface area contributed by atoms with Gasteiger partial charge in [0.1, 0.15) is 28.6 Å². The lowest BCUT2D eigenvalue weighted by Crippen LogP contribution is -2.54. The molecule has 0 unspecified atom stereocenters. The molecule has 35 heavy (non-hydrogen) atoms. The summed E-state index contributed by atoms with van der Waals surface area (Å²) in [7, 11) is 2.93. The van der Waals surface area contributed by atoms with Gasteiger partial charge in [0.2, 0.25) is 0 Å². The molecule has 4 rings (SSSR count). The average molecular weight is 513 g/mol. The molecule has 2 aromatic carbocycles. The number of hydrogen-bond acceptors (Lipinski definition) is 7. The molecule has 0 bridgehead atoms. The summed E-state index contributed by atoms with van der Waals surface area (Å²) in [4.78, 5) is 38.4. The van der Waals surface area contributed by atoms with E-state index in [-0.39, 0.29) is 27.0 Å². The Bertz CT molecular complexity index is 1410. The summed E-state index contributed by atoms with van der Waals surface area (Å²) in [6.45, 7) is 0. The molecule has 2 heterocycles. The van der Waals surface area contributed by atoms with Crippen LogP contribution in [0.25, 0.3) is 17.4 Å². The number of carboxylic acids is 1. The van der Waals surface area contributed by atoms with Gasteiger partial charge in [-0.1, -0.05) is 11.6 Å². The molecule has 1 saturated heterocycles. The number of ether oxygens (including phenoxy) is 2. The standard InChI is InChI=1S/C24H17ClN2O7S/c1-32-13-4-7-18(20(11-13)33-2)27-22(29)16(21(28)26-24(27)35)10-14-5-8-19(34-14)12-3-6-17(25)15(9-12)23(30)31/h3-11H,1-2H3,(H,30,31)(H,26,28,35)/b16-10-. The number of nitrogens with zero attached hydrogens (tertiary/aromatic N) is 1. The number of methoxy groups -OCH3 is 2. The topological polar surface area (TPSA) is 118 Å². The molecule has 0 radical (unpaired) electrons. The summed E-state index contributed by atoms with van der Waals surface area (Å²) in [6, 6.07) is 12.3. The van der Waals surface area contributed by atoms with Gasteiger partial charge in [0.05, 0.1) is 30.5 Å². The summed E-state index contributed by atoms with van der Waals surface area (Å²) < 4.78 is 16.3. The smallest absolute Gasteiger partial charge is 0.337 e. The zero-order valence-corrected chi connectivity index (χ0v) is 19.9. The number of aromatic carboxylic acids is 1. The number of amides is 2. The van der Waals surface area contributed by atoms with Crippen molar-refractivity contribution in [3.05, 3.63) is 70.5 Å². The van der Waals surface area contributed by atoms with Crippen LogP contribution in [0.4, 0.5) is 5.69 Å². The molecule has 1 aromatic heterocycles. The van der Waals surface area contributed by atoms with Gasteiger partial charge in [-0.3, -0.25) is 14.9 Å². The van der Waals surface area contributed by atoms with Gasteiger partial charge in [-0.05, 0) is 60.8 Å². The van der Waals surface area contributed by atoms with E-state index in [0.29, 0.717) is 28.5 Å². The van der Waals surface area contributed by atoms with Crippen molar-refractivity contribution in [3.63, 3.8) is 0 Å².